The number of pyridine rings is 1. The molecule has 0 saturated carbocycles. The molecule has 25 heavy (non-hydrogen) atoms. The van der Waals surface area contributed by atoms with Crippen LogP contribution in [0.3, 0.4) is 0 Å². The van der Waals surface area contributed by atoms with E-state index in [0.717, 1.165) is 44.2 Å². The lowest BCUT2D eigenvalue weighted by molar-refractivity contribution is 0.0322. The van der Waals surface area contributed by atoms with Crippen LogP contribution in [-0.4, -0.2) is 49.3 Å². The molecule has 6 heteroatoms. The molecule has 1 fully saturated rings. The lowest BCUT2D eigenvalue weighted by atomic mass is 10.2. The van der Waals surface area contributed by atoms with Gasteiger partial charge in [-0.3, -0.25) is 4.90 Å². The summed E-state index contributed by atoms with van der Waals surface area (Å²) in [5, 5.41) is 12.2. The zero-order chi connectivity index (χ0) is 17.3. The van der Waals surface area contributed by atoms with Crippen molar-refractivity contribution in [2.24, 2.45) is 0 Å². The van der Waals surface area contributed by atoms with E-state index in [1.165, 1.54) is 0 Å². The summed E-state index contributed by atoms with van der Waals surface area (Å²) < 4.78 is 11.3. The number of anilines is 1. The fourth-order valence-corrected chi connectivity index (χ4v) is 2.68. The highest BCUT2D eigenvalue weighted by Gasteiger charge is 2.10. The van der Waals surface area contributed by atoms with E-state index in [4.69, 9.17) is 14.7 Å². The van der Waals surface area contributed by atoms with Gasteiger partial charge in [0.1, 0.15) is 29.9 Å². The van der Waals surface area contributed by atoms with Gasteiger partial charge in [0, 0.05) is 31.7 Å². The van der Waals surface area contributed by atoms with Crippen LogP contribution in [0.5, 0.6) is 5.75 Å². The Balaban J connectivity index is 1.54. The standard InChI is InChI=1S/C19H22N4O2/c20-14-17-5-3-7-19(22-17)21-15-16-4-1-2-6-18(16)25-13-10-23-8-11-24-12-9-23/h1-7H,8-13,15H2,(H,21,22). The number of rotatable bonds is 7. The Morgan fingerprint density at radius 3 is 2.84 bits per heavy atom. The van der Waals surface area contributed by atoms with Crippen LogP contribution in [0.15, 0.2) is 42.5 Å². The summed E-state index contributed by atoms with van der Waals surface area (Å²) in [6.45, 7) is 5.68. The molecule has 0 aliphatic carbocycles. The summed E-state index contributed by atoms with van der Waals surface area (Å²) in [6.07, 6.45) is 0. The molecule has 0 spiro atoms. The number of hydrogen-bond donors (Lipinski definition) is 1. The van der Waals surface area contributed by atoms with E-state index in [-0.39, 0.29) is 0 Å². The summed E-state index contributed by atoms with van der Waals surface area (Å²) in [6, 6.07) is 15.4. The second-order valence-electron chi connectivity index (χ2n) is 5.78. The molecule has 6 nitrogen and oxygen atoms in total. The number of nitrogens with one attached hydrogen (secondary N) is 1. The molecule has 0 unspecified atom stereocenters. The van der Waals surface area contributed by atoms with Gasteiger partial charge >= 0.3 is 0 Å². The van der Waals surface area contributed by atoms with Crippen LogP contribution in [-0.2, 0) is 11.3 Å². The largest absolute Gasteiger partial charge is 0.492 e. The second-order valence-corrected chi connectivity index (χ2v) is 5.78. The van der Waals surface area contributed by atoms with E-state index in [1.54, 1.807) is 6.07 Å². The molecule has 130 valence electrons. The molecule has 0 amide bonds. The van der Waals surface area contributed by atoms with Crippen LogP contribution < -0.4 is 10.1 Å². The lowest BCUT2D eigenvalue weighted by Gasteiger charge is -2.26. The van der Waals surface area contributed by atoms with Crippen LogP contribution in [0.1, 0.15) is 11.3 Å². The third kappa shape index (κ3) is 5.18. The smallest absolute Gasteiger partial charge is 0.142 e. The molecule has 3 rings (SSSR count). The van der Waals surface area contributed by atoms with Gasteiger partial charge in [0.05, 0.1) is 13.2 Å². The van der Waals surface area contributed by atoms with E-state index >= 15 is 0 Å². The van der Waals surface area contributed by atoms with Crippen molar-refractivity contribution >= 4 is 5.82 Å². The molecule has 0 atom stereocenters. The van der Waals surface area contributed by atoms with Crippen LogP contribution in [0.4, 0.5) is 5.82 Å². The summed E-state index contributed by atoms with van der Waals surface area (Å²) in [5.74, 6) is 1.56. The minimum absolute atomic E-state index is 0.403. The van der Waals surface area contributed by atoms with Crippen LogP contribution >= 0.6 is 0 Å². The van der Waals surface area contributed by atoms with Crippen molar-refractivity contribution in [3.8, 4) is 11.8 Å². The van der Waals surface area contributed by atoms with Crippen LogP contribution in [0, 0.1) is 11.3 Å². The fourth-order valence-electron chi connectivity index (χ4n) is 2.68. The van der Waals surface area contributed by atoms with Crippen molar-refractivity contribution in [2.75, 3.05) is 44.8 Å². The van der Waals surface area contributed by atoms with Crippen molar-refractivity contribution in [3.63, 3.8) is 0 Å². The molecule has 1 N–H and O–H groups in total. The topological polar surface area (TPSA) is 70.4 Å². The Labute approximate surface area is 148 Å². The van der Waals surface area contributed by atoms with Gasteiger partial charge in [-0.25, -0.2) is 4.98 Å². The molecule has 1 aliphatic rings. The molecule has 0 bridgehead atoms. The quantitative estimate of drug-likeness (QED) is 0.835. The molecule has 2 heterocycles. The summed E-state index contributed by atoms with van der Waals surface area (Å²) in [5.41, 5.74) is 1.47. The molecular weight excluding hydrogens is 316 g/mol. The van der Waals surface area contributed by atoms with E-state index in [2.05, 4.69) is 15.2 Å². The van der Waals surface area contributed by atoms with Crippen LogP contribution in [0.2, 0.25) is 0 Å². The number of para-hydroxylation sites is 1. The highest BCUT2D eigenvalue weighted by molar-refractivity contribution is 5.41. The Kier molecular flexibility index (Phi) is 6.21. The van der Waals surface area contributed by atoms with Gasteiger partial charge in [-0.15, -0.1) is 0 Å². The minimum atomic E-state index is 0.403. The summed E-state index contributed by atoms with van der Waals surface area (Å²) in [7, 11) is 0. The molecule has 2 aromatic rings. The highest BCUT2D eigenvalue weighted by atomic mass is 16.5. The maximum absolute atomic E-state index is 8.92. The zero-order valence-electron chi connectivity index (χ0n) is 14.1. The Hall–Kier alpha value is -2.62. The number of hydrogen-bond acceptors (Lipinski definition) is 6. The first-order valence-corrected chi connectivity index (χ1v) is 8.47. The van der Waals surface area contributed by atoms with Crippen molar-refractivity contribution < 1.29 is 9.47 Å². The lowest BCUT2D eigenvalue weighted by Crippen LogP contribution is -2.38. The normalized spacial score (nSPS) is 14.7. The Morgan fingerprint density at radius 1 is 1.16 bits per heavy atom. The van der Waals surface area contributed by atoms with Gasteiger partial charge in [-0.1, -0.05) is 24.3 Å². The SMILES string of the molecule is N#Cc1cccc(NCc2ccccc2OCCN2CCOCC2)n1. The van der Waals surface area contributed by atoms with Crippen LogP contribution in [0.25, 0.3) is 0 Å². The molecular formula is C19H22N4O2. The highest BCUT2D eigenvalue weighted by Crippen LogP contribution is 2.19. The third-order valence-electron chi connectivity index (χ3n) is 4.06. The van der Waals surface area contributed by atoms with E-state index in [0.29, 0.717) is 24.7 Å². The minimum Gasteiger partial charge on any atom is -0.492 e. The number of nitriles is 1. The molecule has 1 aromatic carbocycles. The van der Waals surface area contributed by atoms with E-state index < -0.39 is 0 Å². The van der Waals surface area contributed by atoms with Gasteiger partial charge in [-0.2, -0.15) is 5.26 Å². The second kappa shape index (κ2) is 9.02. The number of ether oxygens (including phenoxy) is 2. The van der Waals surface area contributed by atoms with Gasteiger partial charge in [-0.05, 0) is 18.2 Å². The molecule has 0 radical (unpaired) electrons. The monoisotopic (exact) mass is 338 g/mol. The fraction of sp³-hybridized carbons (Fsp3) is 0.368. The van der Waals surface area contributed by atoms with E-state index in [9.17, 15) is 0 Å². The average Bonchev–Trinajstić information content (AvgIpc) is 2.68. The molecule has 1 aromatic heterocycles. The van der Waals surface area contributed by atoms with Crippen molar-refractivity contribution in [2.45, 2.75) is 6.54 Å². The first-order chi connectivity index (χ1) is 12.3. The maximum atomic E-state index is 8.92. The average molecular weight is 338 g/mol. The molecule has 1 aliphatic heterocycles. The first-order valence-electron chi connectivity index (χ1n) is 8.47. The van der Waals surface area contributed by atoms with Crippen molar-refractivity contribution in [3.05, 3.63) is 53.7 Å². The maximum Gasteiger partial charge on any atom is 0.142 e. The Bertz CT molecular complexity index is 723. The Morgan fingerprint density at radius 2 is 2.00 bits per heavy atom. The predicted octanol–water partition coefficient (Wildman–Crippen LogP) is 2.28. The van der Waals surface area contributed by atoms with Crippen molar-refractivity contribution in [1.82, 2.24) is 9.88 Å². The molecule has 1 saturated heterocycles. The number of morpholine rings is 1. The third-order valence-corrected chi connectivity index (χ3v) is 4.06. The first kappa shape index (κ1) is 17.2. The van der Waals surface area contributed by atoms with Crippen molar-refractivity contribution in [1.29, 1.82) is 5.26 Å². The predicted molar refractivity (Wildman–Crippen MR) is 95.5 cm³/mol. The summed E-state index contributed by atoms with van der Waals surface area (Å²) in [4.78, 5) is 6.58. The van der Waals surface area contributed by atoms with Gasteiger partial charge < -0.3 is 14.8 Å². The number of aromatic nitrogens is 1. The van der Waals surface area contributed by atoms with Gasteiger partial charge in [0.15, 0.2) is 0 Å². The summed E-state index contributed by atoms with van der Waals surface area (Å²) >= 11 is 0. The number of benzene rings is 1. The van der Waals surface area contributed by atoms with Gasteiger partial charge in [0.25, 0.3) is 0 Å². The zero-order valence-corrected chi connectivity index (χ0v) is 14.1. The van der Waals surface area contributed by atoms with E-state index in [1.807, 2.05) is 42.5 Å². The van der Waals surface area contributed by atoms with Gasteiger partial charge in [0.2, 0.25) is 0 Å². The number of nitrogens with zero attached hydrogens (tertiary/aromatic N) is 3.